The van der Waals surface area contributed by atoms with Crippen LogP contribution in [0.1, 0.15) is 28.9 Å². The van der Waals surface area contributed by atoms with Gasteiger partial charge in [-0.15, -0.1) is 0 Å². The minimum Gasteiger partial charge on any atom is -0.378 e. The van der Waals surface area contributed by atoms with E-state index in [1.165, 1.54) is 11.9 Å². The van der Waals surface area contributed by atoms with Crippen molar-refractivity contribution in [2.75, 3.05) is 41.8 Å². The first-order valence-electron chi connectivity index (χ1n) is 10.4. The van der Waals surface area contributed by atoms with Crippen molar-refractivity contribution in [2.24, 2.45) is 5.73 Å². The molecule has 0 aliphatic carbocycles. The molecule has 1 amide bonds. The number of primary amides is 1. The summed E-state index contributed by atoms with van der Waals surface area (Å²) in [6.07, 6.45) is 1.51. The quantitative estimate of drug-likeness (QED) is 0.539. The number of amides is 1. The molecule has 0 unspecified atom stereocenters. The highest BCUT2D eigenvalue weighted by Gasteiger charge is 2.14. The van der Waals surface area contributed by atoms with Crippen molar-refractivity contribution in [1.82, 2.24) is 4.98 Å². The van der Waals surface area contributed by atoms with Gasteiger partial charge in [0.15, 0.2) is 0 Å². The van der Waals surface area contributed by atoms with Crippen LogP contribution in [0.5, 0.6) is 0 Å². The monoisotopic (exact) mass is 417 g/mol. The molecule has 1 saturated heterocycles. The number of nitrogens with two attached hydrogens (primary N) is 1. The third-order valence-corrected chi connectivity index (χ3v) is 5.36. The van der Waals surface area contributed by atoms with Gasteiger partial charge in [0.25, 0.3) is 5.91 Å². The van der Waals surface area contributed by atoms with Crippen molar-refractivity contribution < 1.29 is 9.53 Å². The molecule has 0 spiro atoms. The third-order valence-electron chi connectivity index (χ3n) is 5.36. The lowest BCUT2D eigenvalue weighted by atomic mass is 10.1. The van der Waals surface area contributed by atoms with Crippen LogP contribution in [0.2, 0.25) is 0 Å². The molecule has 0 radical (unpaired) electrons. The van der Waals surface area contributed by atoms with E-state index in [9.17, 15) is 4.79 Å². The van der Waals surface area contributed by atoms with E-state index in [0.29, 0.717) is 17.1 Å². The Kier molecular flexibility index (Phi) is 6.33. The van der Waals surface area contributed by atoms with Crippen molar-refractivity contribution >= 4 is 28.8 Å². The zero-order valence-corrected chi connectivity index (χ0v) is 17.5. The number of hydrogen-bond acceptors (Lipinski definition) is 6. The number of nitrogens with one attached hydrogen (secondary N) is 2. The van der Waals surface area contributed by atoms with E-state index < -0.39 is 5.91 Å². The lowest BCUT2D eigenvalue weighted by Crippen LogP contribution is -2.36. The molecule has 0 bridgehead atoms. The number of nitrogens with zero attached hydrogens (tertiary/aromatic N) is 2. The summed E-state index contributed by atoms with van der Waals surface area (Å²) >= 11 is 0. The largest absolute Gasteiger partial charge is 0.378 e. The van der Waals surface area contributed by atoms with Gasteiger partial charge in [0, 0.05) is 42.8 Å². The van der Waals surface area contributed by atoms with Crippen LogP contribution in [0.15, 0.2) is 66.9 Å². The highest BCUT2D eigenvalue weighted by Crippen LogP contribution is 2.26. The number of anilines is 4. The Hall–Kier alpha value is -3.58. The zero-order valence-electron chi connectivity index (χ0n) is 17.5. The first-order valence-corrected chi connectivity index (χ1v) is 10.4. The maximum absolute atomic E-state index is 11.9. The van der Waals surface area contributed by atoms with Crippen LogP contribution in [0, 0.1) is 0 Å². The fourth-order valence-electron chi connectivity index (χ4n) is 3.62. The number of ether oxygens (including phenoxy) is 1. The summed E-state index contributed by atoms with van der Waals surface area (Å²) in [7, 11) is 0. The summed E-state index contributed by atoms with van der Waals surface area (Å²) in [6.45, 7) is 5.35. The second-order valence-electron chi connectivity index (χ2n) is 7.53. The molecule has 3 aromatic rings. The Morgan fingerprint density at radius 3 is 2.48 bits per heavy atom. The summed E-state index contributed by atoms with van der Waals surface area (Å²) in [6, 6.07) is 20.1. The van der Waals surface area contributed by atoms with Crippen molar-refractivity contribution in [2.45, 2.75) is 13.0 Å². The molecule has 1 fully saturated rings. The minimum atomic E-state index is -0.517. The van der Waals surface area contributed by atoms with Gasteiger partial charge >= 0.3 is 0 Å². The molecule has 0 saturated carbocycles. The van der Waals surface area contributed by atoms with E-state index in [4.69, 9.17) is 10.5 Å². The molecule has 2 heterocycles. The highest BCUT2D eigenvalue weighted by molar-refractivity contribution is 5.98. The van der Waals surface area contributed by atoms with E-state index in [2.05, 4.69) is 32.7 Å². The number of benzene rings is 2. The molecule has 7 nitrogen and oxygen atoms in total. The van der Waals surface area contributed by atoms with E-state index in [-0.39, 0.29) is 6.04 Å². The molecule has 4 rings (SSSR count). The van der Waals surface area contributed by atoms with E-state index >= 15 is 0 Å². The Balaban J connectivity index is 1.51. The lowest BCUT2D eigenvalue weighted by Gasteiger charge is -2.28. The Bertz CT molecular complexity index is 1020. The second kappa shape index (κ2) is 9.49. The number of pyridine rings is 1. The van der Waals surface area contributed by atoms with Gasteiger partial charge < -0.3 is 26.0 Å². The van der Waals surface area contributed by atoms with Gasteiger partial charge in [-0.25, -0.2) is 4.98 Å². The average molecular weight is 418 g/mol. The van der Waals surface area contributed by atoms with Crippen LogP contribution in [0.25, 0.3) is 0 Å². The molecule has 1 aliphatic heterocycles. The SMILES string of the molecule is C[C@@H](Nc1cc(Nc2ccc(N3CCOCC3)cc2)ncc1C(N)=O)c1ccccc1. The molecular formula is C24H27N5O2. The fraction of sp³-hybridized carbons (Fsp3) is 0.250. The number of rotatable bonds is 7. The van der Waals surface area contributed by atoms with Crippen LogP contribution in [-0.2, 0) is 4.74 Å². The molecule has 7 heteroatoms. The number of carbonyl (C=O) groups is 1. The Labute approximate surface area is 182 Å². The molecule has 31 heavy (non-hydrogen) atoms. The highest BCUT2D eigenvalue weighted by atomic mass is 16.5. The van der Waals surface area contributed by atoms with E-state index in [1.807, 2.05) is 55.5 Å². The summed E-state index contributed by atoms with van der Waals surface area (Å²) in [5.74, 6) is 0.114. The molecule has 1 aromatic heterocycles. The van der Waals surface area contributed by atoms with Gasteiger partial charge in [-0.2, -0.15) is 0 Å². The Morgan fingerprint density at radius 1 is 1.10 bits per heavy atom. The topological polar surface area (TPSA) is 92.5 Å². The maximum atomic E-state index is 11.9. The van der Waals surface area contributed by atoms with Gasteiger partial charge in [-0.05, 0) is 36.8 Å². The summed E-state index contributed by atoms with van der Waals surface area (Å²) in [5, 5.41) is 6.69. The van der Waals surface area contributed by atoms with E-state index in [1.54, 1.807) is 0 Å². The van der Waals surface area contributed by atoms with Crippen molar-refractivity contribution in [3.8, 4) is 0 Å². The molecule has 4 N–H and O–H groups in total. The predicted octanol–water partition coefficient (Wildman–Crippen LogP) is 3.93. The standard InChI is InChI=1S/C24H27N5O2/c1-17(18-5-3-2-4-6-18)27-22-15-23(26-16-21(22)24(25)30)28-19-7-9-20(10-8-19)29-11-13-31-14-12-29/h2-10,15-17H,11-14H2,1H3,(H2,25,30)(H2,26,27,28)/t17-/m1/s1. The van der Waals surface area contributed by atoms with Crippen molar-refractivity contribution in [3.05, 3.63) is 78.0 Å². The normalized spacial score (nSPS) is 14.7. The van der Waals surface area contributed by atoms with Crippen LogP contribution in [-0.4, -0.2) is 37.2 Å². The second-order valence-corrected chi connectivity index (χ2v) is 7.53. The molecule has 1 atom stereocenters. The number of carbonyl (C=O) groups excluding carboxylic acids is 1. The van der Waals surface area contributed by atoms with Crippen LogP contribution < -0.4 is 21.3 Å². The van der Waals surface area contributed by atoms with Gasteiger partial charge in [0.05, 0.1) is 24.5 Å². The lowest BCUT2D eigenvalue weighted by molar-refractivity contribution is 0.100. The molecule has 2 aromatic carbocycles. The van der Waals surface area contributed by atoms with Crippen LogP contribution in [0.3, 0.4) is 0 Å². The van der Waals surface area contributed by atoms with Crippen molar-refractivity contribution in [1.29, 1.82) is 0 Å². The average Bonchev–Trinajstić information content (AvgIpc) is 2.81. The third kappa shape index (κ3) is 5.13. The fourth-order valence-corrected chi connectivity index (χ4v) is 3.62. The van der Waals surface area contributed by atoms with Crippen LogP contribution >= 0.6 is 0 Å². The molecular weight excluding hydrogens is 390 g/mol. The van der Waals surface area contributed by atoms with Gasteiger partial charge in [0.1, 0.15) is 5.82 Å². The van der Waals surface area contributed by atoms with Gasteiger partial charge in [0.2, 0.25) is 0 Å². The summed E-state index contributed by atoms with van der Waals surface area (Å²) < 4.78 is 5.42. The number of morpholine rings is 1. The van der Waals surface area contributed by atoms with Gasteiger partial charge in [-0.3, -0.25) is 4.79 Å². The Morgan fingerprint density at radius 2 is 1.81 bits per heavy atom. The number of hydrogen-bond donors (Lipinski definition) is 3. The first-order chi connectivity index (χ1) is 15.1. The predicted molar refractivity (Wildman–Crippen MR) is 124 cm³/mol. The smallest absolute Gasteiger partial charge is 0.252 e. The van der Waals surface area contributed by atoms with Gasteiger partial charge in [-0.1, -0.05) is 30.3 Å². The summed E-state index contributed by atoms with van der Waals surface area (Å²) in [4.78, 5) is 18.6. The zero-order chi connectivity index (χ0) is 21.6. The number of aromatic nitrogens is 1. The minimum absolute atomic E-state index is 0.00218. The first kappa shape index (κ1) is 20.7. The van der Waals surface area contributed by atoms with Crippen molar-refractivity contribution in [3.63, 3.8) is 0 Å². The maximum Gasteiger partial charge on any atom is 0.252 e. The molecule has 1 aliphatic rings. The van der Waals surface area contributed by atoms with Crippen LogP contribution in [0.4, 0.5) is 22.9 Å². The summed E-state index contributed by atoms with van der Waals surface area (Å²) in [5.41, 5.74) is 9.77. The molecule has 160 valence electrons. The van der Waals surface area contributed by atoms with E-state index in [0.717, 1.165) is 37.6 Å².